The Balaban J connectivity index is 0. The first-order valence-electron chi connectivity index (χ1n) is 1.29. The minimum Gasteiger partial charge on any atom is -0.481 e. The molecule has 0 aromatic carbocycles. The summed E-state index contributed by atoms with van der Waals surface area (Å²) in [6.07, 6.45) is 0. The van der Waals surface area contributed by atoms with Crippen LogP contribution in [0.25, 0.3) is 0 Å². The molecule has 0 aliphatic heterocycles. The Labute approximate surface area is 52.9 Å². The summed E-state index contributed by atoms with van der Waals surface area (Å²) in [5, 5.41) is 7.42. The van der Waals surface area contributed by atoms with Crippen LogP contribution >= 0.6 is 25.8 Å². The van der Waals surface area contributed by atoms with Crippen molar-refractivity contribution >= 4 is 31.8 Å². The molecular formula is C2H6O3S2. The predicted molar refractivity (Wildman–Crippen MR) is 32.4 cm³/mol. The second-order valence-electron chi connectivity index (χ2n) is 0.601. The smallest absolute Gasteiger partial charge is 0.300 e. The molecule has 44 valence electrons. The average molecular weight is 142 g/mol. The molecule has 0 aromatic heterocycles. The van der Waals surface area contributed by atoms with Gasteiger partial charge in [0.15, 0.2) is 0 Å². The third kappa shape index (κ3) is 6190. The highest BCUT2D eigenvalue weighted by molar-refractivity contribution is 7.89. The Bertz CT molecular complexity index is 42.2. The standard InChI is InChI=1S/C2H4O2.H2OS2/c1-2(3)4;2-1-3/h1H3,(H,3,4);2-3H. The quantitative estimate of drug-likeness (QED) is 0.346. The average Bonchev–Trinajstić information content (AvgIpc) is 1.33. The third-order valence-electron chi connectivity index (χ3n) is 0. The fourth-order valence-corrected chi connectivity index (χ4v) is 0. The SMILES string of the molecule is CC(=O)O.SOS. The van der Waals surface area contributed by atoms with E-state index < -0.39 is 5.97 Å². The van der Waals surface area contributed by atoms with Gasteiger partial charge in [-0.3, -0.25) is 8.42 Å². The number of hydrogen-bond acceptors (Lipinski definition) is 4. The van der Waals surface area contributed by atoms with Gasteiger partial charge in [0.1, 0.15) is 0 Å². The van der Waals surface area contributed by atoms with E-state index in [9.17, 15) is 0 Å². The molecule has 0 saturated carbocycles. The van der Waals surface area contributed by atoms with Crippen LogP contribution in [0.3, 0.4) is 0 Å². The van der Waals surface area contributed by atoms with E-state index in [4.69, 9.17) is 9.90 Å². The summed E-state index contributed by atoms with van der Waals surface area (Å²) in [7, 11) is 0. The van der Waals surface area contributed by atoms with Crippen molar-refractivity contribution in [3.05, 3.63) is 0 Å². The van der Waals surface area contributed by atoms with Gasteiger partial charge in [-0.2, -0.15) is 0 Å². The van der Waals surface area contributed by atoms with Crippen LogP contribution in [-0.2, 0) is 8.42 Å². The number of aliphatic carboxylic acids is 1. The molecule has 0 amide bonds. The van der Waals surface area contributed by atoms with Crippen LogP contribution in [0, 0.1) is 0 Å². The van der Waals surface area contributed by atoms with Gasteiger partial charge < -0.3 is 5.11 Å². The summed E-state index contributed by atoms with van der Waals surface area (Å²) in [6, 6.07) is 0. The zero-order chi connectivity index (χ0) is 6.28. The van der Waals surface area contributed by atoms with Crippen molar-refractivity contribution < 1.29 is 13.5 Å². The van der Waals surface area contributed by atoms with E-state index in [2.05, 4.69) is 29.4 Å². The van der Waals surface area contributed by atoms with Gasteiger partial charge in [-0.05, 0) is 25.8 Å². The van der Waals surface area contributed by atoms with Gasteiger partial charge in [0.2, 0.25) is 0 Å². The maximum absolute atomic E-state index is 9.00. The lowest BCUT2D eigenvalue weighted by molar-refractivity contribution is -0.134. The lowest BCUT2D eigenvalue weighted by Crippen LogP contribution is -1.78. The van der Waals surface area contributed by atoms with Gasteiger partial charge in [0, 0.05) is 6.92 Å². The molecule has 0 atom stereocenters. The van der Waals surface area contributed by atoms with Crippen LogP contribution in [0.15, 0.2) is 0 Å². The fourth-order valence-electron chi connectivity index (χ4n) is 0. The van der Waals surface area contributed by atoms with Crippen molar-refractivity contribution in [3.8, 4) is 0 Å². The highest BCUT2D eigenvalue weighted by Gasteiger charge is 1.65. The summed E-state index contributed by atoms with van der Waals surface area (Å²) in [5.41, 5.74) is 0. The van der Waals surface area contributed by atoms with Crippen LogP contribution in [0.2, 0.25) is 0 Å². The summed E-state index contributed by atoms with van der Waals surface area (Å²) in [5.74, 6) is -0.833. The van der Waals surface area contributed by atoms with E-state index in [0.717, 1.165) is 6.92 Å². The molecule has 0 unspecified atom stereocenters. The molecule has 0 aliphatic rings. The third-order valence-corrected chi connectivity index (χ3v) is 0. The van der Waals surface area contributed by atoms with Crippen molar-refractivity contribution in [2.75, 3.05) is 0 Å². The number of thiol groups is 2. The maximum Gasteiger partial charge on any atom is 0.300 e. The van der Waals surface area contributed by atoms with Crippen LogP contribution in [0.1, 0.15) is 6.92 Å². The van der Waals surface area contributed by atoms with Crippen molar-refractivity contribution in [2.45, 2.75) is 6.92 Å². The monoisotopic (exact) mass is 142 g/mol. The Morgan fingerprint density at radius 1 is 1.71 bits per heavy atom. The van der Waals surface area contributed by atoms with Gasteiger partial charge in [-0.1, -0.05) is 0 Å². The summed E-state index contributed by atoms with van der Waals surface area (Å²) < 4.78 is 3.64. The van der Waals surface area contributed by atoms with E-state index in [1.54, 1.807) is 0 Å². The number of carbonyl (C=O) groups is 1. The molecule has 0 heterocycles. The Kier molecular flexibility index (Phi) is 13.8. The number of hydrogen-bond donors (Lipinski definition) is 3. The Morgan fingerprint density at radius 3 is 1.71 bits per heavy atom. The molecule has 0 spiro atoms. The first-order valence-corrected chi connectivity index (χ1v) is 2.02. The van der Waals surface area contributed by atoms with Crippen LogP contribution in [0.5, 0.6) is 0 Å². The maximum atomic E-state index is 9.00. The zero-order valence-electron chi connectivity index (χ0n) is 3.66. The molecule has 0 aliphatic carbocycles. The van der Waals surface area contributed by atoms with Crippen LogP contribution in [0.4, 0.5) is 0 Å². The zero-order valence-corrected chi connectivity index (χ0v) is 5.45. The largest absolute Gasteiger partial charge is 0.481 e. The molecule has 3 nitrogen and oxygen atoms in total. The molecule has 0 saturated heterocycles. The van der Waals surface area contributed by atoms with E-state index in [1.165, 1.54) is 0 Å². The summed E-state index contributed by atoms with van der Waals surface area (Å²) >= 11 is 6.31. The summed E-state index contributed by atoms with van der Waals surface area (Å²) in [4.78, 5) is 9.00. The molecule has 0 rings (SSSR count). The van der Waals surface area contributed by atoms with Gasteiger partial charge in [0.25, 0.3) is 5.97 Å². The van der Waals surface area contributed by atoms with Gasteiger partial charge in [-0.25, -0.2) is 0 Å². The lowest BCUT2D eigenvalue weighted by atomic mass is 10.9. The molecule has 0 fully saturated rings. The molecule has 0 aromatic rings. The van der Waals surface area contributed by atoms with Crippen molar-refractivity contribution in [1.29, 1.82) is 0 Å². The Morgan fingerprint density at radius 2 is 1.71 bits per heavy atom. The molecular weight excluding hydrogens is 136 g/mol. The summed E-state index contributed by atoms with van der Waals surface area (Å²) in [6.45, 7) is 1.08. The predicted octanol–water partition coefficient (Wildman–Crippen LogP) is 0.783. The van der Waals surface area contributed by atoms with Crippen molar-refractivity contribution in [1.82, 2.24) is 0 Å². The lowest BCUT2D eigenvalue weighted by Gasteiger charge is -1.59. The van der Waals surface area contributed by atoms with Crippen molar-refractivity contribution in [3.63, 3.8) is 0 Å². The number of carboxylic acid groups (broad SMARTS) is 1. The van der Waals surface area contributed by atoms with Crippen LogP contribution in [-0.4, -0.2) is 11.1 Å². The molecule has 1 N–H and O–H groups in total. The van der Waals surface area contributed by atoms with E-state index in [1.807, 2.05) is 0 Å². The fraction of sp³-hybridized carbons (Fsp3) is 0.500. The first-order chi connectivity index (χ1) is 3.15. The van der Waals surface area contributed by atoms with Crippen LogP contribution < -0.4 is 0 Å². The molecule has 0 bridgehead atoms. The Hall–Kier alpha value is 0.130. The minimum atomic E-state index is -0.833. The second-order valence-corrected chi connectivity index (χ2v) is 1.25. The second kappa shape index (κ2) is 9.46. The van der Waals surface area contributed by atoms with Crippen molar-refractivity contribution in [2.24, 2.45) is 0 Å². The normalized spacial score (nSPS) is 6.14. The van der Waals surface area contributed by atoms with E-state index in [-0.39, 0.29) is 0 Å². The molecule has 7 heavy (non-hydrogen) atoms. The highest BCUT2D eigenvalue weighted by atomic mass is 32.2. The van der Waals surface area contributed by atoms with Gasteiger partial charge in [0.05, 0.1) is 0 Å². The minimum absolute atomic E-state index is 0.833. The number of carboxylic acids is 1. The van der Waals surface area contributed by atoms with E-state index in [0.29, 0.717) is 0 Å². The van der Waals surface area contributed by atoms with E-state index >= 15 is 0 Å². The molecule has 0 radical (unpaired) electrons. The highest BCUT2D eigenvalue weighted by Crippen LogP contribution is 1.75. The topological polar surface area (TPSA) is 46.5 Å². The number of rotatable bonds is 0. The molecule has 5 heteroatoms. The van der Waals surface area contributed by atoms with Gasteiger partial charge in [-0.15, -0.1) is 0 Å². The first kappa shape index (κ1) is 10.2. The van der Waals surface area contributed by atoms with Gasteiger partial charge >= 0.3 is 0 Å².